The van der Waals surface area contributed by atoms with Crippen LogP contribution in [-0.4, -0.2) is 6.04 Å². The van der Waals surface area contributed by atoms with Crippen molar-refractivity contribution in [1.82, 2.24) is 0 Å². The second kappa shape index (κ2) is 14.3. The lowest BCUT2D eigenvalue weighted by Crippen LogP contribution is -2.28. The van der Waals surface area contributed by atoms with Crippen LogP contribution >= 0.6 is 0 Å². The molecule has 58 heavy (non-hydrogen) atoms. The molecule has 0 aromatic heterocycles. The highest BCUT2D eigenvalue weighted by Crippen LogP contribution is 2.48. The highest BCUT2D eigenvalue weighted by atomic mass is 15.2. The van der Waals surface area contributed by atoms with Crippen LogP contribution in [0.4, 0.5) is 28.4 Å². The summed E-state index contributed by atoms with van der Waals surface area (Å²) in [4.78, 5) is 4.90. The zero-order valence-corrected chi connectivity index (χ0v) is 32.0. The number of benzene rings is 9. The third kappa shape index (κ3) is 5.90. The number of fused-ring (bicyclic) bond motifs is 5. The van der Waals surface area contributed by atoms with Gasteiger partial charge in [-0.05, 0) is 110 Å². The molecule has 0 saturated heterocycles. The molecule has 2 atom stereocenters. The molecule has 2 unspecified atom stereocenters. The maximum absolute atomic E-state index is 2.50. The van der Waals surface area contributed by atoms with Gasteiger partial charge < -0.3 is 9.80 Å². The summed E-state index contributed by atoms with van der Waals surface area (Å²) in [5, 5.41) is 5.01. The van der Waals surface area contributed by atoms with Gasteiger partial charge in [-0.3, -0.25) is 0 Å². The summed E-state index contributed by atoms with van der Waals surface area (Å²) in [6.45, 7) is 0. The summed E-state index contributed by atoms with van der Waals surface area (Å²) >= 11 is 0. The number of para-hydroxylation sites is 2. The van der Waals surface area contributed by atoms with E-state index in [4.69, 9.17) is 0 Å². The van der Waals surface area contributed by atoms with Gasteiger partial charge in [0.05, 0.1) is 11.7 Å². The van der Waals surface area contributed by atoms with Crippen molar-refractivity contribution < 1.29 is 0 Å². The minimum absolute atomic E-state index is 0.269. The van der Waals surface area contributed by atoms with Gasteiger partial charge in [-0.1, -0.05) is 176 Å². The zero-order valence-electron chi connectivity index (χ0n) is 32.0. The first-order valence-corrected chi connectivity index (χ1v) is 20.2. The normalized spacial score (nSPS) is 15.4. The second-order valence-corrected chi connectivity index (χ2v) is 15.3. The molecule has 0 saturated carbocycles. The topological polar surface area (TPSA) is 6.48 Å². The number of anilines is 5. The summed E-state index contributed by atoms with van der Waals surface area (Å²) in [6.07, 6.45) is 9.04. The van der Waals surface area contributed by atoms with Crippen LogP contribution in [0.25, 0.3) is 54.9 Å². The fourth-order valence-electron chi connectivity index (χ4n) is 9.17. The Morgan fingerprint density at radius 1 is 0.397 bits per heavy atom. The lowest BCUT2D eigenvalue weighted by Gasteiger charge is -2.29. The molecule has 0 fully saturated rings. The van der Waals surface area contributed by atoms with E-state index in [0.29, 0.717) is 5.92 Å². The molecular formula is C56H40N2. The SMILES string of the molecule is C1=CC2c3ccccc3N(c3ccc(-c4ccccc4N(c4ccc(-c5ccc6ccccc6c5)cc4)c4ccc(-c5cccc6ccccc56)cc4)cc3)C2C=C1. The molecule has 274 valence electrons. The molecule has 1 aliphatic carbocycles. The molecule has 0 amide bonds. The Morgan fingerprint density at radius 3 is 1.81 bits per heavy atom. The first-order chi connectivity index (χ1) is 28.8. The van der Waals surface area contributed by atoms with Gasteiger partial charge in [0.1, 0.15) is 0 Å². The number of nitrogens with zero attached hydrogens (tertiary/aromatic N) is 2. The molecule has 2 heteroatoms. The lowest BCUT2D eigenvalue weighted by atomic mass is 9.91. The van der Waals surface area contributed by atoms with Crippen molar-refractivity contribution in [3.63, 3.8) is 0 Å². The molecule has 9 aromatic carbocycles. The van der Waals surface area contributed by atoms with Crippen molar-refractivity contribution in [1.29, 1.82) is 0 Å². The zero-order chi connectivity index (χ0) is 38.4. The molecular weight excluding hydrogens is 701 g/mol. The first kappa shape index (κ1) is 33.9. The van der Waals surface area contributed by atoms with Gasteiger partial charge in [-0.25, -0.2) is 0 Å². The molecule has 1 heterocycles. The van der Waals surface area contributed by atoms with E-state index in [1.54, 1.807) is 0 Å². The van der Waals surface area contributed by atoms with Gasteiger partial charge in [0.25, 0.3) is 0 Å². The standard InChI is InChI=1S/C56H40N2/c1-2-14-44-38-45(25-24-39(44)12-1)40-26-32-46(33-27-40)57(47-34-28-42(29-35-47)50-20-11-15-41-13-3-4-16-49(41)50)54-21-8-5-17-51(54)43-30-36-48(37-31-43)58-55-22-9-6-18-52(55)53-19-7-10-23-56(53)58/h1-38,52,55H. The van der Waals surface area contributed by atoms with E-state index < -0.39 is 0 Å². The minimum atomic E-state index is 0.269. The average Bonchev–Trinajstić information content (AvgIpc) is 3.64. The van der Waals surface area contributed by atoms with Gasteiger partial charge >= 0.3 is 0 Å². The van der Waals surface area contributed by atoms with Gasteiger partial charge in [0, 0.05) is 34.2 Å². The predicted octanol–water partition coefficient (Wildman–Crippen LogP) is 15.2. The molecule has 2 nitrogen and oxygen atoms in total. The van der Waals surface area contributed by atoms with Crippen molar-refractivity contribution in [2.24, 2.45) is 0 Å². The Balaban J connectivity index is 0.994. The summed E-state index contributed by atoms with van der Waals surface area (Å²) in [5.41, 5.74) is 14.4. The summed E-state index contributed by atoms with van der Waals surface area (Å²) in [6, 6.07) is 75.6. The number of allylic oxidation sites excluding steroid dienone is 2. The monoisotopic (exact) mass is 740 g/mol. The Labute approximate surface area is 339 Å². The van der Waals surface area contributed by atoms with Crippen molar-refractivity contribution >= 4 is 50.0 Å². The Morgan fingerprint density at radius 2 is 0.983 bits per heavy atom. The average molecular weight is 741 g/mol. The van der Waals surface area contributed by atoms with E-state index in [1.807, 2.05) is 0 Å². The number of hydrogen-bond donors (Lipinski definition) is 0. The lowest BCUT2D eigenvalue weighted by molar-refractivity contribution is 0.745. The maximum Gasteiger partial charge on any atom is 0.0629 e. The third-order valence-electron chi connectivity index (χ3n) is 12.0. The van der Waals surface area contributed by atoms with E-state index in [1.165, 1.54) is 71.9 Å². The van der Waals surface area contributed by atoms with Gasteiger partial charge in [0.2, 0.25) is 0 Å². The van der Waals surface area contributed by atoms with Crippen LogP contribution in [0.15, 0.2) is 231 Å². The van der Waals surface area contributed by atoms with Crippen molar-refractivity contribution in [3.8, 4) is 33.4 Å². The molecule has 1 aliphatic heterocycles. The summed E-state index contributed by atoms with van der Waals surface area (Å²) < 4.78 is 0. The highest BCUT2D eigenvalue weighted by Gasteiger charge is 2.37. The Kier molecular flexibility index (Phi) is 8.33. The highest BCUT2D eigenvalue weighted by molar-refractivity contribution is 5.97. The maximum atomic E-state index is 2.50. The van der Waals surface area contributed by atoms with Gasteiger partial charge in [0.15, 0.2) is 0 Å². The molecule has 0 bridgehead atoms. The predicted molar refractivity (Wildman–Crippen MR) is 246 cm³/mol. The number of rotatable bonds is 7. The van der Waals surface area contributed by atoms with Gasteiger partial charge in [-0.2, -0.15) is 0 Å². The quantitative estimate of drug-likeness (QED) is 0.161. The van der Waals surface area contributed by atoms with E-state index >= 15 is 0 Å². The molecule has 2 aliphatic rings. The van der Waals surface area contributed by atoms with E-state index in [9.17, 15) is 0 Å². The van der Waals surface area contributed by atoms with Crippen LogP contribution < -0.4 is 9.80 Å². The van der Waals surface area contributed by atoms with Crippen LogP contribution in [0.3, 0.4) is 0 Å². The van der Waals surface area contributed by atoms with Crippen LogP contribution in [0.1, 0.15) is 11.5 Å². The minimum Gasteiger partial charge on any atom is -0.333 e. The van der Waals surface area contributed by atoms with Gasteiger partial charge in [-0.15, -0.1) is 0 Å². The fourth-order valence-corrected chi connectivity index (χ4v) is 9.17. The van der Waals surface area contributed by atoms with Crippen LogP contribution in [-0.2, 0) is 0 Å². The fraction of sp³-hybridized carbons (Fsp3) is 0.0357. The second-order valence-electron chi connectivity index (χ2n) is 15.3. The smallest absolute Gasteiger partial charge is 0.0629 e. The molecule has 11 rings (SSSR count). The van der Waals surface area contributed by atoms with Crippen LogP contribution in [0.2, 0.25) is 0 Å². The van der Waals surface area contributed by atoms with E-state index in [0.717, 1.165) is 17.1 Å². The Bertz CT molecular complexity index is 3000. The molecule has 0 spiro atoms. The van der Waals surface area contributed by atoms with E-state index in [2.05, 4.69) is 240 Å². The molecule has 0 N–H and O–H groups in total. The molecule has 0 radical (unpaired) electrons. The molecule has 9 aromatic rings. The van der Waals surface area contributed by atoms with E-state index in [-0.39, 0.29) is 6.04 Å². The Hall–Kier alpha value is -7.42. The number of hydrogen-bond acceptors (Lipinski definition) is 2. The van der Waals surface area contributed by atoms with Crippen molar-refractivity contribution in [2.75, 3.05) is 9.80 Å². The van der Waals surface area contributed by atoms with Crippen LogP contribution in [0, 0.1) is 0 Å². The van der Waals surface area contributed by atoms with Crippen LogP contribution in [0.5, 0.6) is 0 Å². The van der Waals surface area contributed by atoms with Crippen molar-refractivity contribution in [3.05, 3.63) is 236 Å². The van der Waals surface area contributed by atoms with Crippen molar-refractivity contribution in [2.45, 2.75) is 12.0 Å². The first-order valence-electron chi connectivity index (χ1n) is 20.2. The third-order valence-corrected chi connectivity index (χ3v) is 12.0. The largest absolute Gasteiger partial charge is 0.333 e. The summed E-state index contributed by atoms with van der Waals surface area (Å²) in [5.74, 6) is 0.356. The summed E-state index contributed by atoms with van der Waals surface area (Å²) in [7, 11) is 0.